The lowest BCUT2D eigenvalue weighted by atomic mass is 9.89. The summed E-state index contributed by atoms with van der Waals surface area (Å²) in [6.45, 7) is 9.70. The summed E-state index contributed by atoms with van der Waals surface area (Å²) in [6.07, 6.45) is 8.33. The monoisotopic (exact) mass is 272 g/mol. The Kier molecular flexibility index (Phi) is 5.87. The Morgan fingerprint density at radius 3 is 2.30 bits per heavy atom. The maximum atomic E-state index is 12.1. The fourth-order valence-corrected chi connectivity index (χ4v) is 2.05. The lowest BCUT2D eigenvalue weighted by molar-refractivity contribution is -0.115. The van der Waals surface area contributed by atoms with Crippen molar-refractivity contribution >= 4 is 11.6 Å². The number of Topliss-reactive ketones (excluding diaryl/α,β-unsaturated/α-hetero) is 1. The fraction of sp³-hybridized carbons (Fsp3) is 0.444. The molecule has 0 aromatic rings. The van der Waals surface area contributed by atoms with E-state index in [-0.39, 0.29) is 11.6 Å². The summed E-state index contributed by atoms with van der Waals surface area (Å²) in [4.78, 5) is 23.8. The van der Waals surface area contributed by atoms with Crippen LogP contribution < -0.4 is 0 Å². The van der Waals surface area contributed by atoms with Crippen molar-refractivity contribution in [3.63, 3.8) is 0 Å². The first kappa shape index (κ1) is 16.4. The molecule has 1 aliphatic rings. The quantitative estimate of drug-likeness (QED) is 0.546. The average molecular weight is 272 g/mol. The van der Waals surface area contributed by atoms with Gasteiger partial charge in [0.25, 0.3) is 0 Å². The van der Waals surface area contributed by atoms with E-state index < -0.39 is 0 Å². The topological polar surface area (TPSA) is 34.1 Å². The van der Waals surface area contributed by atoms with Gasteiger partial charge in [-0.1, -0.05) is 23.3 Å². The van der Waals surface area contributed by atoms with Crippen LogP contribution in [0.5, 0.6) is 0 Å². The van der Waals surface area contributed by atoms with Crippen molar-refractivity contribution in [2.75, 3.05) is 0 Å². The second kappa shape index (κ2) is 7.18. The normalized spacial score (nSPS) is 16.4. The molecule has 20 heavy (non-hydrogen) atoms. The van der Waals surface area contributed by atoms with Crippen molar-refractivity contribution in [3.05, 3.63) is 46.1 Å². The molecule has 0 fully saturated rings. The lowest BCUT2D eigenvalue weighted by Gasteiger charge is -2.13. The van der Waals surface area contributed by atoms with Crippen molar-refractivity contribution < 1.29 is 9.59 Å². The van der Waals surface area contributed by atoms with Gasteiger partial charge in [-0.25, -0.2) is 0 Å². The minimum Gasteiger partial charge on any atom is -0.290 e. The van der Waals surface area contributed by atoms with Crippen LogP contribution in [0.1, 0.15) is 53.9 Å². The number of ketones is 2. The van der Waals surface area contributed by atoms with Crippen LogP contribution in [0.3, 0.4) is 0 Å². The first-order chi connectivity index (χ1) is 9.32. The molecule has 0 radical (unpaired) electrons. The molecule has 2 heteroatoms. The van der Waals surface area contributed by atoms with Gasteiger partial charge in [-0.05, 0) is 60.0 Å². The van der Waals surface area contributed by atoms with Crippen molar-refractivity contribution in [2.24, 2.45) is 0 Å². The predicted molar refractivity (Wildman–Crippen MR) is 83.5 cm³/mol. The van der Waals surface area contributed by atoms with Crippen molar-refractivity contribution in [2.45, 2.75) is 53.9 Å². The molecule has 108 valence electrons. The molecule has 0 heterocycles. The van der Waals surface area contributed by atoms with E-state index in [2.05, 4.69) is 32.9 Å². The smallest absolute Gasteiger partial charge is 0.185 e. The Bertz CT molecular complexity index is 536. The van der Waals surface area contributed by atoms with E-state index in [1.807, 2.05) is 0 Å². The van der Waals surface area contributed by atoms with Gasteiger partial charge < -0.3 is 0 Å². The standard InChI is InChI=1S/C18H24O2/c1-12(2)7-6-8-13(3)9-10-16-11-17(19)14(4)15(5)18(16)20/h7,9,11H,6,8,10H2,1-5H3/b13-9+. The van der Waals surface area contributed by atoms with Crippen LogP contribution in [-0.4, -0.2) is 11.6 Å². The Morgan fingerprint density at radius 2 is 1.70 bits per heavy atom. The molecule has 0 aliphatic heterocycles. The van der Waals surface area contributed by atoms with Crippen molar-refractivity contribution in [1.29, 1.82) is 0 Å². The van der Waals surface area contributed by atoms with Crippen LogP contribution in [-0.2, 0) is 9.59 Å². The molecule has 0 aromatic carbocycles. The molecule has 0 unspecified atom stereocenters. The van der Waals surface area contributed by atoms with Gasteiger partial charge in [-0.3, -0.25) is 9.59 Å². The van der Waals surface area contributed by atoms with Crippen LogP contribution in [0, 0.1) is 0 Å². The highest BCUT2D eigenvalue weighted by Gasteiger charge is 2.21. The van der Waals surface area contributed by atoms with Gasteiger partial charge in [0.15, 0.2) is 11.6 Å². The first-order valence-corrected chi connectivity index (χ1v) is 7.09. The average Bonchev–Trinajstić information content (AvgIpc) is 2.38. The largest absolute Gasteiger partial charge is 0.290 e. The van der Waals surface area contributed by atoms with Crippen molar-refractivity contribution in [1.82, 2.24) is 0 Å². The third-order valence-electron chi connectivity index (χ3n) is 3.63. The molecule has 0 aromatic heterocycles. The predicted octanol–water partition coefficient (Wildman–Crippen LogP) is 4.48. The molecule has 0 spiro atoms. The SMILES string of the molecule is CC(C)=CCC/C(C)=C/CC1=CC(=O)C(C)=C(C)C1=O. The molecule has 1 aliphatic carbocycles. The molecule has 0 saturated heterocycles. The van der Waals surface area contributed by atoms with Gasteiger partial charge >= 0.3 is 0 Å². The molecule has 0 N–H and O–H groups in total. The van der Waals surface area contributed by atoms with Gasteiger partial charge in [-0.2, -0.15) is 0 Å². The number of carbonyl (C=O) groups excluding carboxylic acids is 2. The van der Waals surface area contributed by atoms with Crippen LogP contribution in [0.15, 0.2) is 46.1 Å². The van der Waals surface area contributed by atoms with Gasteiger partial charge in [0.1, 0.15) is 0 Å². The van der Waals surface area contributed by atoms with Crippen molar-refractivity contribution in [3.8, 4) is 0 Å². The van der Waals surface area contributed by atoms with E-state index >= 15 is 0 Å². The second-order valence-corrected chi connectivity index (χ2v) is 5.69. The maximum Gasteiger partial charge on any atom is 0.185 e. The molecule has 0 saturated carbocycles. The van der Waals surface area contributed by atoms with E-state index in [0.717, 1.165) is 12.8 Å². The fourth-order valence-electron chi connectivity index (χ4n) is 2.05. The van der Waals surface area contributed by atoms with Gasteiger partial charge in [-0.15, -0.1) is 0 Å². The number of hydrogen-bond donors (Lipinski definition) is 0. The zero-order valence-corrected chi connectivity index (χ0v) is 13.2. The zero-order chi connectivity index (χ0) is 15.3. The number of carbonyl (C=O) groups is 2. The molecular formula is C18H24O2. The molecule has 0 atom stereocenters. The lowest BCUT2D eigenvalue weighted by Crippen LogP contribution is -2.16. The van der Waals surface area contributed by atoms with Crippen LogP contribution in [0.2, 0.25) is 0 Å². The highest BCUT2D eigenvalue weighted by molar-refractivity contribution is 6.22. The van der Waals surface area contributed by atoms with Gasteiger partial charge in [0, 0.05) is 16.7 Å². The zero-order valence-electron chi connectivity index (χ0n) is 13.2. The van der Waals surface area contributed by atoms with E-state index in [1.54, 1.807) is 13.8 Å². The van der Waals surface area contributed by atoms with E-state index in [1.165, 1.54) is 17.2 Å². The first-order valence-electron chi connectivity index (χ1n) is 7.09. The molecular weight excluding hydrogens is 248 g/mol. The van der Waals surface area contributed by atoms with Crippen LogP contribution in [0.25, 0.3) is 0 Å². The third kappa shape index (κ3) is 4.44. The number of rotatable bonds is 5. The Labute approximate surface area is 122 Å². The summed E-state index contributed by atoms with van der Waals surface area (Å²) in [7, 11) is 0. The summed E-state index contributed by atoms with van der Waals surface area (Å²) in [5.41, 5.74) is 4.35. The molecule has 0 amide bonds. The van der Waals surface area contributed by atoms with Gasteiger partial charge in [0.2, 0.25) is 0 Å². The second-order valence-electron chi connectivity index (χ2n) is 5.69. The third-order valence-corrected chi connectivity index (χ3v) is 3.63. The summed E-state index contributed by atoms with van der Waals surface area (Å²) in [6, 6.07) is 0. The van der Waals surface area contributed by atoms with E-state index in [9.17, 15) is 9.59 Å². The molecule has 1 rings (SSSR count). The maximum absolute atomic E-state index is 12.1. The summed E-state index contributed by atoms with van der Waals surface area (Å²) >= 11 is 0. The van der Waals surface area contributed by atoms with Crippen LogP contribution in [0.4, 0.5) is 0 Å². The van der Waals surface area contributed by atoms with E-state index in [4.69, 9.17) is 0 Å². The highest BCUT2D eigenvalue weighted by atomic mass is 16.1. The molecule has 2 nitrogen and oxygen atoms in total. The Morgan fingerprint density at radius 1 is 1.05 bits per heavy atom. The Balaban J connectivity index is 2.66. The van der Waals surface area contributed by atoms with Crippen LogP contribution >= 0.6 is 0 Å². The number of allylic oxidation sites excluding steroid dienone is 8. The highest BCUT2D eigenvalue weighted by Crippen LogP contribution is 2.22. The van der Waals surface area contributed by atoms with E-state index in [0.29, 0.717) is 23.1 Å². The summed E-state index contributed by atoms with van der Waals surface area (Å²) in [5.74, 6) is -0.0249. The minimum absolute atomic E-state index is 0.00967. The van der Waals surface area contributed by atoms with Gasteiger partial charge in [0.05, 0.1) is 0 Å². The molecule has 0 bridgehead atoms. The summed E-state index contributed by atoms with van der Waals surface area (Å²) < 4.78 is 0. The number of hydrogen-bond acceptors (Lipinski definition) is 2. The summed E-state index contributed by atoms with van der Waals surface area (Å²) in [5, 5.41) is 0. The Hall–Kier alpha value is -1.70. The minimum atomic E-state index is -0.0345.